The van der Waals surface area contributed by atoms with Gasteiger partial charge in [-0.1, -0.05) is 35.7 Å². The van der Waals surface area contributed by atoms with Gasteiger partial charge in [0.1, 0.15) is 16.0 Å². The molecule has 1 aliphatic carbocycles. The first-order chi connectivity index (χ1) is 13.5. The Morgan fingerprint density at radius 3 is 2.57 bits per heavy atom. The van der Waals surface area contributed by atoms with E-state index < -0.39 is 16.8 Å². The molecular weight excluding hydrogens is 375 g/mol. The molecule has 4 nitrogen and oxygen atoms in total. The van der Waals surface area contributed by atoms with E-state index in [0.29, 0.717) is 21.5 Å². The highest BCUT2D eigenvalue weighted by atomic mass is 32.1. The number of aromatic amines is 1. The molecule has 1 N–H and O–H groups in total. The topological polar surface area (TPSA) is 54.9 Å². The van der Waals surface area contributed by atoms with E-state index in [1.54, 1.807) is 6.07 Å². The van der Waals surface area contributed by atoms with Crippen LogP contribution in [0.3, 0.4) is 0 Å². The van der Waals surface area contributed by atoms with Crippen molar-refractivity contribution in [3.8, 4) is 23.5 Å². The van der Waals surface area contributed by atoms with Crippen molar-refractivity contribution in [1.29, 1.82) is 0 Å². The summed E-state index contributed by atoms with van der Waals surface area (Å²) in [5.74, 6) is 1.76. The van der Waals surface area contributed by atoms with Crippen LogP contribution in [0.1, 0.15) is 30.0 Å². The molecule has 5 rings (SSSR count). The highest BCUT2D eigenvalue weighted by Gasteiger charge is 2.30. The molecule has 0 atom stereocenters. The Morgan fingerprint density at radius 2 is 1.93 bits per heavy atom. The van der Waals surface area contributed by atoms with Crippen LogP contribution in [-0.4, -0.2) is 8.94 Å². The van der Waals surface area contributed by atoms with Gasteiger partial charge in [0, 0.05) is 11.6 Å². The van der Waals surface area contributed by atoms with Gasteiger partial charge in [-0.05, 0) is 42.9 Å². The molecule has 2 heterocycles. The van der Waals surface area contributed by atoms with Crippen LogP contribution in [0.15, 0.2) is 39.9 Å². The van der Waals surface area contributed by atoms with Gasteiger partial charge in [0.15, 0.2) is 0 Å². The lowest BCUT2D eigenvalue weighted by Gasteiger charge is -2.15. The highest BCUT2D eigenvalue weighted by molar-refractivity contribution is 7.12. The Balaban J connectivity index is 2.01. The lowest BCUT2D eigenvalue weighted by molar-refractivity contribution is 0.629. The van der Waals surface area contributed by atoms with E-state index in [2.05, 4.69) is 10.3 Å². The fourth-order valence-corrected chi connectivity index (χ4v) is 4.66. The van der Waals surface area contributed by atoms with E-state index in [1.165, 1.54) is 0 Å². The number of hydrogen-bond donors (Lipinski definition) is 1. The molecule has 0 radical (unpaired) electrons. The number of H-pyrrole nitrogens is 1. The Kier molecular flexibility index (Phi) is 3.58. The van der Waals surface area contributed by atoms with Crippen LogP contribution in [0.5, 0.6) is 0 Å². The standard InChI is InChI=1S/C22H15FN2O2S/c1-3-14-17-16(10-15(19(14)23)12-6-4-11(2)5-7-12)25(13-8-9-13)22-18(20(17)26)21(27)24-28-22/h1,4-7,10,13H,8-9H2,2H3,(H,24,27). The maximum atomic E-state index is 15.4. The Bertz CT molecular complexity index is 1430. The average molecular weight is 390 g/mol. The molecule has 0 aliphatic heterocycles. The second-order valence-corrected chi connectivity index (χ2v) is 7.96. The fraction of sp³-hybridized carbons (Fsp3) is 0.182. The van der Waals surface area contributed by atoms with Crippen LogP contribution >= 0.6 is 11.5 Å². The predicted molar refractivity (Wildman–Crippen MR) is 111 cm³/mol. The summed E-state index contributed by atoms with van der Waals surface area (Å²) in [5.41, 5.74) is 1.66. The first-order valence-electron chi connectivity index (χ1n) is 8.96. The normalized spacial score (nSPS) is 13.9. The van der Waals surface area contributed by atoms with Gasteiger partial charge < -0.3 is 4.57 Å². The number of halogens is 1. The van der Waals surface area contributed by atoms with E-state index >= 15 is 4.39 Å². The largest absolute Gasteiger partial charge is 0.328 e. The van der Waals surface area contributed by atoms with Crippen LogP contribution in [0.25, 0.3) is 32.2 Å². The van der Waals surface area contributed by atoms with Crippen molar-refractivity contribution >= 4 is 32.7 Å². The van der Waals surface area contributed by atoms with Gasteiger partial charge in [0.2, 0.25) is 5.43 Å². The molecule has 2 aromatic carbocycles. The number of hydrogen-bond acceptors (Lipinski definition) is 3. The first kappa shape index (κ1) is 17.0. The third-order valence-electron chi connectivity index (χ3n) is 5.28. The van der Waals surface area contributed by atoms with E-state index in [9.17, 15) is 9.59 Å². The number of nitrogens with zero attached hydrogens (tertiary/aromatic N) is 1. The van der Waals surface area contributed by atoms with Crippen LogP contribution in [-0.2, 0) is 0 Å². The van der Waals surface area contributed by atoms with Crippen molar-refractivity contribution in [2.75, 3.05) is 0 Å². The van der Waals surface area contributed by atoms with Crippen LogP contribution in [0.4, 0.5) is 4.39 Å². The van der Waals surface area contributed by atoms with Crippen molar-refractivity contribution in [3.63, 3.8) is 0 Å². The summed E-state index contributed by atoms with van der Waals surface area (Å²) in [6, 6.07) is 9.37. The number of terminal acetylenes is 1. The number of nitrogens with one attached hydrogen (secondary N) is 1. The van der Waals surface area contributed by atoms with Crippen LogP contribution in [0, 0.1) is 25.1 Å². The van der Waals surface area contributed by atoms with Crippen molar-refractivity contribution in [2.24, 2.45) is 0 Å². The summed E-state index contributed by atoms with van der Waals surface area (Å²) < 4.78 is 20.0. The number of aryl methyl sites for hydroxylation is 1. The maximum Gasteiger partial charge on any atom is 0.271 e. The molecule has 138 valence electrons. The van der Waals surface area contributed by atoms with Crippen LogP contribution in [0.2, 0.25) is 0 Å². The lowest BCUT2D eigenvalue weighted by atomic mass is 9.97. The van der Waals surface area contributed by atoms with Crippen molar-refractivity contribution in [1.82, 2.24) is 8.94 Å². The monoisotopic (exact) mass is 390 g/mol. The van der Waals surface area contributed by atoms with Gasteiger partial charge in [0.25, 0.3) is 5.56 Å². The second-order valence-electron chi connectivity index (χ2n) is 7.16. The minimum Gasteiger partial charge on any atom is -0.328 e. The maximum absolute atomic E-state index is 15.4. The zero-order valence-electron chi connectivity index (χ0n) is 15.0. The average Bonchev–Trinajstić information content (AvgIpc) is 3.45. The molecule has 1 aliphatic rings. The van der Waals surface area contributed by atoms with Crippen molar-refractivity contribution in [3.05, 3.63) is 67.9 Å². The van der Waals surface area contributed by atoms with Gasteiger partial charge in [-0.15, -0.1) is 6.42 Å². The summed E-state index contributed by atoms with van der Waals surface area (Å²) in [7, 11) is 0. The summed E-state index contributed by atoms with van der Waals surface area (Å²) >= 11 is 1.14. The van der Waals surface area contributed by atoms with Gasteiger partial charge in [-0.3, -0.25) is 14.0 Å². The lowest BCUT2D eigenvalue weighted by Crippen LogP contribution is -2.17. The zero-order chi connectivity index (χ0) is 19.6. The second kappa shape index (κ2) is 5.91. The molecule has 2 aromatic heterocycles. The first-order valence-corrected chi connectivity index (χ1v) is 9.78. The quantitative estimate of drug-likeness (QED) is 0.518. The van der Waals surface area contributed by atoms with Crippen molar-refractivity contribution in [2.45, 2.75) is 25.8 Å². The van der Waals surface area contributed by atoms with Crippen LogP contribution < -0.4 is 11.0 Å². The summed E-state index contributed by atoms with van der Waals surface area (Å²) in [6.45, 7) is 1.96. The van der Waals surface area contributed by atoms with E-state index in [1.807, 2.05) is 35.8 Å². The molecule has 4 aromatic rings. The van der Waals surface area contributed by atoms with E-state index in [4.69, 9.17) is 6.42 Å². The third-order valence-corrected chi connectivity index (χ3v) is 6.16. The van der Waals surface area contributed by atoms with E-state index in [0.717, 1.165) is 29.9 Å². The molecular formula is C22H15FN2O2S. The van der Waals surface area contributed by atoms with Gasteiger partial charge in [-0.25, -0.2) is 4.39 Å². The third kappa shape index (κ3) is 2.30. The molecule has 0 spiro atoms. The predicted octanol–water partition coefficient (Wildman–Crippen LogP) is 4.34. The van der Waals surface area contributed by atoms with Crippen molar-refractivity contribution < 1.29 is 4.39 Å². The van der Waals surface area contributed by atoms with Gasteiger partial charge in [-0.2, -0.15) is 0 Å². The molecule has 1 saturated carbocycles. The Hall–Kier alpha value is -3.17. The summed E-state index contributed by atoms with van der Waals surface area (Å²) in [5, 5.41) is 0.169. The smallest absolute Gasteiger partial charge is 0.271 e. The molecule has 0 bridgehead atoms. The van der Waals surface area contributed by atoms with Gasteiger partial charge >= 0.3 is 0 Å². The molecule has 0 unspecified atom stereocenters. The summed E-state index contributed by atoms with van der Waals surface area (Å²) in [6.07, 6.45) is 7.53. The minimum absolute atomic E-state index is 0.0587. The number of aromatic nitrogens is 2. The molecule has 28 heavy (non-hydrogen) atoms. The van der Waals surface area contributed by atoms with E-state index in [-0.39, 0.29) is 22.4 Å². The SMILES string of the molecule is C#Cc1c(F)c(-c2ccc(C)cc2)cc2c1c(=O)c1c(=O)[nH]sc1n2C1CC1. The molecule has 0 amide bonds. The number of fused-ring (bicyclic) bond motifs is 2. The molecule has 1 fully saturated rings. The number of pyridine rings is 1. The summed E-state index contributed by atoms with van der Waals surface area (Å²) in [4.78, 5) is 25.9. The zero-order valence-corrected chi connectivity index (χ0v) is 15.8. The molecule has 6 heteroatoms. The van der Waals surface area contributed by atoms with Gasteiger partial charge in [0.05, 0.1) is 16.5 Å². The Labute approximate surface area is 163 Å². The number of rotatable bonds is 2. The fourth-order valence-electron chi connectivity index (χ4n) is 3.74. The molecule has 0 saturated heterocycles. The minimum atomic E-state index is -0.607. The Morgan fingerprint density at radius 1 is 1.21 bits per heavy atom. The number of benzene rings is 2. The highest BCUT2D eigenvalue weighted by Crippen LogP contribution is 2.41.